The van der Waals surface area contributed by atoms with Gasteiger partial charge in [-0.15, -0.1) is 0 Å². The third-order valence-electron chi connectivity index (χ3n) is 4.18. The van der Waals surface area contributed by atoms with Crippen LogP contribution in [0.25, 0.3) is 0 Å². The molecule has 0 fully saturated rings. The zero-order chi connectivity index (χ0) is 13.5. The average molecular weight is 238 g/mol. The fourth-order valence-electron chi connectivity index (χ4n) is 1.75. The minimum atomic E-state index is 0.150. The number of hydrogen-bond acceptors (Lipinski definition) is 1. The van der Waals surface area contributed by atoms with E-state index in [1.54, 1.807) is 13.0 Å². The van der Waals surface area contributed by atoms with Crippen molar-refractivity contribution in [2.75, 3.05) is 0 Å². The summed E-state index contributed by atoms with van der Waals surface area (Å²) >= 11 is 0. The van der Waals surface area contributed by atoms with Crippen LogP contribution in [-0.2, 0) is 4.79 Å². The van der Waals surface area contributed by atoms with Gasteiger partial charge >= 0.3 is 0 Å². The topological polar surface area (TPSA) is 17.1 Å². The van der Waals surface area contributed by atoms with Gasteiger partial charge in [0.25, 0.3) is 0 Å². The lowest BCUT2D eigenvalue weighted by Crippen LogP contribution is -2.19. The molecule has 100 valence electrons. The second-order valence-electron chi connectivity index (χ2n) is 6.40. The summed E-state index contributed by atoms with van der Waals surface area (Å²) in [6.07, 6.45) is 9.69. The van der Waals surface area contributed by atoms with Gasteiger partial charge in [-0.25, -0.2) is 0 Å². The molecule has 0 aliphatic heterocycles. The molecule has 0 radical (unpaired) electrons. The minimum absolute atomic E-state index is 0.150. The molecule has 0 amide bonds. The Morgan fingerprint density at radius 1 is 1.06 bits per heavy atom. The van der Waals surface area contributed by atoms with Crippen molar-refractivity contribution in [3.63, 3.8) is 0 Å². The smallest absolute Gasteiger partial charge is 0.152 e. The number of rotatable bonds is 8. The Kier molecular flexibility index (Phi) is 6.74. The summed E-state index contributed by atoms with van der Waals surface area (Å²) in [5.74, 6) is 0.150. The van der Waals surface area contributed by atoms with Crippen LogP contribution in [-0.4, -0.2) is 5.78 Å². The summed E-state index contributed by atoms with van der Waals surface area (Å²) < 4.78 is 0. The molecule has 0 rings (SSSR count). The Morgan fingerprint density at radius 2 is 1.65 bits per heavy atom. The van der Waals surface area contributed by atoms with Crippen molar-refractivity contribution in [2.24, 2.45) is 10.8 Å². The van der Waals surface area contributed by atoms with Gasteiger partial charge in [-0.05, 0) is 43.1 Å². The van der Waals surface area contributed by atoms with Gasteiger partial charge in [0, 0.05) is 0 Å². The lowest BCUT2D eigenvalue weighted by molar-refractivity contribution is -0.112. The summed E-state index contributed by atoms with van der Waals surface area (Å²) in [7, 11) is 0. The zero-order valence-electron chi connectivity index (χ0n) is 12.6. The van der Waals surface area contributed by atoms with Gasteiger partial charge in [-0.3, -0.25) is 4.79 Å². The summed E-state index contributed by atoms with van der Waals surface area (Å²) in [5.41, 5.74) is 0.791. The molecule has 0 saturated carbocycles. The second kappa shape index (κ2) is 6.98. The van der Waals surface area contributed by atoms with E-state index >= 15 is 0 Å². The third-order valence-corrected chi connectivity index (χ3v) is 4.18. The Bertz CT molecular complexity index is 263. The molecule has 1 atom stereocenters. The first kappa shape index (κ1) is 16.4. The van der Waals surface area contributed by atoms with Crippen LogP contribution >= 0.6 is 0 Å². The van der Waals surface area contributed by atoms with E-state index in [1.807, 2.05) is 6.08 Å². The Morgan fingerprint density at radius 3 is 2.06 bits per heavy atom. The van der Waals surface area contributed by atoms with Crippen LogP contribution in [0.3, 0.4) is 0 Å². The van der Waals surface area contributed by atoms with E-state index < -0.39 is 0 Å². The van der Waals surface area contributed by atoms with Crippen LogP contribution in [0.2, 0.25) is 0 Å². The van der Waals surface area contributed by atoms with Gasteiger partial charge < -0.3 is 0 Å². The molecule has 0 N–H and O–H groups in total. The van der Waals surface area contributed by atoms with Gasteiger partial charge in [-0.1, -0.05) is 53.5 Å². The largest absolute Gasteiger partial charge is 0.295 e. The van der Waals surface area contributed by atoms with E-state index in [9.17, 15) is 4.79 Å². The number of ketones is 1. The Hall–Kier alpha value is -0.590. The molecule has 0 heterocycles. The predicted molar refractivity (Wildman–Crippen MR) is 76.1 cm³/mol. The summed E-state index contributed by atoms with van der Waals surface area (Å²) in [4.78, 5) is 10.9. The van der Waals surface area contributed by atoms with Gasteiger partial charge in [0.1, 0.15) is 0 Å². The van der Waals surface area contributed by atoms with Crippen molar-refractivity contribution in [1.82, 2.24) is 0 Å². The predicted octanol–water partition coefficient (Wildman–Crippen LogP) is 5.15. The fraction of sp³-hybridized carbons (Fsp3) is 0.812. The molecule has 1 unspecified atom stereocenters. The summed E-state index contributed by atoms with van der Waals surface area (Å²) in [6, 6.07) is 0. The Balaban J connectivity index is 4.33. The van der Waals surface area contributed by atoms with Gasteiger partial charge in [-0.2, -0.15) is 0 Å². The van der Waals surface area contributed by atoms with Gasteiger partial charge in [0.15, 0.2) is 5.78 Å². The van der Waals surface area contributed by atoms with E-state index in [1.165, 1.54) is 25.7 Å². The highest BCUT2D eigenvalue weighted by molar-refractivity contribution is 5.87. The van der Waals surface area contributed by atoms with Crippen molar-refractivity contribution in [1.29, 1.82) is 0 Å². The Labute approximate surface area is 108 Å². The van der Waals surface area contributed by atoms with E-state index in [4.69, 9.17) is 0 Å². The quantitative estimate of drug-likeness (QED) is 0.534. The molecule has 0 aromatic rings. The molecule has 0 bridgehead atoms. The first-order chi connectivity index (χ1) is 7.74. The van der Waals surface area contributed by atoms with Crippen molar-refractivity contribution < 1.29 is 4.79 Å². The van der Waals surface area contributed by atoms with E-state index in [0.29, 0.717) is 10.8 Å². The lowest BCUT2D eigenvalue weighted by atomic mass is 9.74. The fourth-order valence-corrected chi connectivity index (χ4v) is 1.75. The maximum absolute atomic E-state index is 10.9. The highest BCUT2D eigenvalue weighted by atomic mass is 16.1. The molecule has 1 nitrogen and oxygen atoms in total. The van der Waals surface area contributed by atoms with Gasteiger partial charge in [0.2, 0.25) is 0 Å². The first-order valence-electron chi connectivity index (χ1n) is 6.92. The monoisotopic (exact) mass is 238 g/mol. The summed E-state index contributed by atoms with van der Waals surface area (Å²) in [6.45, 7) is 13.1. The van der Waals surface area contributed by atoms with E-state index in [-0.39, 0.29) is 5.78 Å². The SMILES string of the molecule is CCC(C)(C)CCC(C)(CC)CC=CC(C)=O. The molecule has 1 heteroatoms. The first-order valence-corrected chi connectivity index (χ1v) is 6.92. The highest BCUT2D eigenvalue weighted by Gasteiger charge is 2.24. The zero-order valence-corrected chi connectivity index (χ0v) is 12.6. The molecular weight excluding hydrogens is 208 g/mol. The molecular formula is C16H30O. The van der Waals surface area contributed by atoms with Crippen LogP contribution in [0.15, 0.2) is 12.2 Å². The average Bonchev–Trinajstić information content (AvgIpc) is 2.26. The van der Waals surface area contributed by atoms with Crippen LogP contribution in [0.5, 0.6) is 0 Å². The normalized spacial score (nSPS) is 16.1. The number of allylic oxidation sites excluding steroid dienone is 2. The van der Waals surface area contributed by atoms with E-state index in [2.05, 4.69) is 34.6 Å². The van der Waals surface area contributed by atoms with E-state index in [0.717, 1.165) is 6.42 Å². The maximum Gasteiger partial charge on any atom is 0.152 e. The second-order valence-corrected chi connectivity index (χ2v) is 6.40. The van der Waals surface area contributed by atoms with Crippen LogP contribution < -0.4 is 0 Å². The van der Waals surface area contributed by atoms with Crippen molar-refractivity contribution in [3.8, 4) is 0 Å². The van der Waals surface area contributed by atoms with Crippen LogP contribution in [0, 0.1) is 10.8 Å². The molecule has 0 saturated heterocycles. The molecule has 0 aliphatic carbocycles. The highest BCUT2D eigenvalue weighted by Crippen LogP contribution is 2.37. The standard InChI is InChI=1S/C16H30O/c1-7-15(4,5)12-13-16(6,8-2)11-9-10-14(3)17/h9-10H,7-8,11-13H2,1-6H3. The molecule has 0 aromatic heterocycles. The van der Waals surface area contributed by atoms with Crippen LogP contribution in [0.4, 0.5) is 0 Å². The van der Waals surface area contributed by atoms with Crippen LogP contribution in [0.1, 0.15) is 73.6 Å². The van der Waals surface area contributed by atoms with Crippen molar-refractivity contribution in [3.05, 3.63) is 12.2 Å². The number of carbonyl (C=O) groups is 1. The maximum atomic E-state index is 10.9. The molecule has 0 aliphatic rings. The molecule has 17 heavy (non-hydrogen) atoms. The number of hydrogen-bond donors (Lipinski definition) is 0. The van der Waals surface area contributed by atoms with Crippen molar-refractivity contribution >= 4 is 5.78 Å². The molecule has 0 aromatic carbocycles. The lowest BCUT2D eigenvalue weighted by Gasteiger charge is -2.32. The van der Waals surface area contributed by atoms with Crippen molar-refractivity contribution in [2.45, 2.75) is 73.6 Å². The summed E-state index contributed by atoms with van der Waals surface area (Å²) in [5, 5.41) is 0. The number of carbonyl (C=O) groups excluding carboxylic acids is 1. The minimum Gasteiger partial charge on any atom is -0.295 e. The molecule has 0 spiro atoms. The van der Waals surface area contributed by atoms with Gasteiger partial charge in [0.05, 0.1) is 0 Å². The third kappa shape index (κ3) is 7.36.